The number of hydrogen-bond donors (Lipinski definition) is 0. The predicted octanol–water partition coefficient (Wildman–Crippen LogP) is 3.57. The van der Waals surface area contributed by atoms with Crippen LogP contribution in [0.5, 0.6) is 0 Å². The number of aromatic nitrogens is 2. The van der Waals surface area contributed by atoms with E-state index in [-0.39, 0.29) is 5.69 Å². The highest BCUT2D eigenvalue weighted by Crippen LogP contribution is 2.33. The molecule has 19 heavy (non-hydrogen) atoms. The van der Waals surface area contributed by atoms with Gasteiger partial charge in [-0.15, -0.1) is 0 Å². The van der Waals surface area contributed by atoms with Crippen LogP contribution in [0.25, 0.3) is 0 Å². The van der Waals surface area contributed by atoms with E-state index in [1.807, 2.05) is 6.08 Å². The van der Waals surface area contributed by atoms with E-state index in [9.17, 15) is 18.0 Å². The summed E-state index contributed by atoms with van der Waals surface area (Å²) in [6, 6.07) is 0.349. The van der Waals surface area contributed by atoms with E-state index in [0.29, 0.717) is 10.9 Å². The van der Waals surface area contributed by atoms with Gasteiger partial charge in [-0.05, 0) is 32.3 Å². The monoisotopic (exact) mass is 336 g/mol. The smallest absolute Gasteiger partial charge is 0.267 e. The molecule has 1 atom stereocenters. The van der Waals surface area contributed by atoms with Gasteiger partial charge in [0.2, 0.25) is 0 Å². The first-order valence-electron chi connectivity index (χ1n) is 5.84. The number of halogens is 4. The van der Waals surface area contributed by atoms with Crippen LogP contribution in [0.3, 0.4) is 0 Å². The summed E-state index contributed by atoms with van der Waals surface area (Å²) in [6.07, 6.45) is -0.507. The second kappa shape index (κ2) is 5.11. The number of nitrogens with zero attached hydrogens (tertiary/aromatic N) is 2. The van der Waals surface area contributed by atoms with Crippen LogP contribution in [0.15, 0.2) is 21.4 Å². The van der Waals surface area contributed by atoms with Gasteiger partial charge in [-0.25, -0.2) is 4.68 Å². The number of aryl methyl sites for hydroxylation is 1. The minimum absolute atomic E-state index is 0.179. The van der Waals surface area contributed by atoms with E-state index in [0.717, 1.165) is 23.6 Å². The van der Waals surface area contributed by atoms with Crippen molar-refractivity contribution >= 4 is 15.9 Å². The van der Waals surface area contributed by atoms with Crippen LogP contribution in [-0.4, -0.2) is 9.78 Å². The Labute approximate surface area is 116 Å². The number of alkyl halides is 3. The maximum absolute atomic E-state index is 12.8. The van der Waals surface area contributed by atoms with E-state index >= 15 is 0 Å². The Morgan fingerprint density at radius 1 is 1.47 bits per heavy atom. The van der Waals surface area contributed by atoms with Crippen LogP contribution in [0.4, 0.5) is 13.2 Å². The lowest BCUT2D eigenvalue weighted by molar-refractivity contribution is -0.139. The van der Waals surface area contributed by atoms with E-state index in [2.05, 4.69) is 21.0 Å². The van der Waals surface area contributed by atoms with Gasteiger partial charge >= 0.3 is 6.18 Å². The maximum Gasteiger partial charge on any atom is 0.421 e. The van der Waals surface area contributed by atoms with Crippen molar-refractivity contribution in [1.29, 1.82) is 0 Å². The summed E-state index contributed by atoms with van der Waals surface area (Å²) >= 11 is 3.31. The lowest BCUT2D eigenvalue weighted by atomic mass is 10.0. The number of rotatable bonds is 1. The molecule has 1 aromatic heterocycles. The van der Waals surface area contributed by atoms with Gasteiger partial charge < -0.3 is 0 Å². The molecule has 0 saturated carbocycles. The second-order valence-electron chi connectivity index (χ2n) is 4.48. The Morgan fingerprint density at radius 2 is 2.16 bits per heavy atom. The van der Waals surface area contributed by atoms with Crippen molar-refractivity contribution < 1.29 is 13.2 Å². The van der Waals surface area contributed by atoms with Gasteiger partial charge in [-0.2, -0.15) is 18.3 Å². The molecule has 0 aliphatic heterocycles. The fourth-order valence-electron chi connectivity index (χ4n) is 2.12. The van der Waals surface area contributed by atoms with Crippen molar-refractivity contribution in [1.82, 2.24) is 9.78 Å². The lowest BCUT2D eigenvalue weighted by Gasteiger charge is -2.23. The zero-order valence-corrected chi connectivity index (χ0v) is 11.8. The molecular formula is C12H12BrF3N2O. The van der Waals surface area contributed by atoms with E-state index < -0.39 is 23.3 Å². The Morgan fingerprint density at radius 3 is 2.74 bits per heavy atom. The highest BCUT2D eigenvalue weighted by Gasteiger charge is 2.36. The average molecular weight is 337 g/mol. The third kappa shape index (κ3) is 2.91. The molecule has 0 spiro atoms. The Bertz CT molecular complexity index is 577. The molecule has 0 radical (unpaired) electrons. The highest BCUT2D eigenvalue weighted by molar-refractivity contribution is 9.11. The van der Waals surface area contributed by atoms with Crippen LogP contribution in [-0.2, 0) is 6.18 Å². The molecular weight excluding hydrogens is 325 g/mol. The van der Waals surface area contributed by atoms with E-state index in [1.54, 1.807) is 0 Å². The lowest BCUT2D eigenvalue weighted by Crippen LogP contribution is -2.34. The first-order valence-corrected chi connectivity index (χ1v) is 6.63. The molecule has 0 amide bonds. The molecule has 0 fully saturated rings. The van der Waals surface area contributed by atoms with Gasteiger partial charge in [0.05, 0.1) is 11.7 Å². The minimum Gasteiger partial charge on any atom is -0.267 e. The normalized spacial score (nSPS) is 20.3. The molecule has 1 aliphatic rings. The minimum atomic E-state index is -4.66. The Balaban J connectivity index is 2.59. The maximum atomic E-state index is 12.8. The summed E-state index contributed by atoms with van der Waals surface area (Å²) in [5.41, 5.74) is -2.07. The molecule has 1 unspecified atom stereocenters. The average Bonchev–Trinajstić information content (AvgIpc) is 2.31. The second-order valence-corrected chi connectivity index (χ2v) is 5.40. The van der Waals surface area contributed by atoms with Gasteiger partial charge in [0.15, 0.2) is 0 Å². The Hall–Kier alpha value is -1.11. The summed E-state index contributed by atoms with van der Waals surface area (Å²) < 4.78 is 40.1. The van der Waals surface area contributed by atoms with Crippen LogP contribution in [0, 0.1) is 6.92 Å². The van der Waals surface area contributed by atoms with Gasteiger partial charge in [0.25, 0.3) is 5.56 Å². The van der Waals surface area contributed by atoms with Crippen molar-refractivity contribution in [2.75, 3.05) is 0 Å². The van der Waals surface area contributed by atoms with Gasteiger partial charge in [-0.3, -0.25) is 4.79 Å². The molecule has 0 saturated heterocycles. The first-order chi connectivity index (χ1) is 8.80. The molecule has 7 heteroatoms. The molecule has 1 aliphatic carbocycles. The summed E-state index contributed by atoms with van der Waals surface area (Å²) in [7, 11) is 0. The molecule has 104 valence electrons. The molecule has 3 nitrogen and oxygen atoms in total. The summed E-state index contributed by atoms with van der Waals surface area (Å²) in [5, 5.41) is 3.95. The zero-order chi connectivity index (χ0) is 14.2. The summed E-state index contributed by atoms with van der Waals surface area (Å²) in [4.78, 5) is 11.9. The molecule has 1 heterocycles. The summed E-state index contributed by atoms with van der Waals surface area (Å²) in [6.45, 7) is 1.45. The topological polar surface area (TPSA) is 34.9 Å². The zero-order valence-electron chi connectivity index (χ0n) is 10.2. The van der Waals surface area contributed by atoms with Crippen LogP contribution < -0.4 is 5.56 Å². The molecule has 2 rings (SSSR count). The van der Waals surface area contributed by atoms with Crippen LogP contribution >= 0.6 is 15.9 Å². The van der Waals surface area contributed by atoms with Crippen molar-refractivity contribution in [3.8, 4) is 0 Å². The third-order valence-corrected chi connectivity index (χ3v) is 3.85. The van der Waals surface area contributed by atoms with Crippen molar-refractivity contribution in [2.24, 2.45) is 0 Å². The SMILES string of the molecule is Cc1cc(C(F)(F)F)c(=O)n(C2CCCC=C2Br)n1. The molecule has 0 bridgehead atoms. The quantitative estimate of drug-likeness (QED) is 0.785. The van der Waals surface area contributed by atoms with Gasteiger partial charge in [0.1, 0.15) is 5.56 Å². The van der Waals surface area contributed by atoms with Gasteiger partial charge in [0, 0.05) is 4.48 Å². The van der Waals surface area contributed by atoms with E-state index in [4.69, 9.17) is 0 Å². The van der Waals surface area contributed by atoms with Crippen molar-refractivity contribution in [3.63, 3.8) is 0 Å². The van der Waals surface area contributed by atoms with E-state index in [1.165, 1.54) is 6.92 Å². The molecule has 0 aromatic carbocycles. The fraction of sp³-hybridized carbons (Fsp3) is 0.500. The largest absolute Gasteiger partial charge is 0.421 e. The molecule has 0 N–H and O–H groups in total. The van der Waals surface area contributed by atoms with Crippen LogP contribution in [0.2, 0.25) is 0 Å². The third-order valence-electron chi connectivity index (χ3n) is 3.00. The number of hydrogen-bond acceptors (Lipinski definition) is 2. The fourth-order valence-corrected chi connectivity index (χ4v) is 2.77. The van der Waals surface area contributed by atoms with Crippen LogP contribution in [0.1, 0.15) is 36.6 Å². The first kappa shape index (κ1) is 14.3. The van der Waals surface area contributed by atoms with Crippen molar-refractivity contribution in [2.45, 2.75) is 38.4 Å². The Kier molecular flexibility index (Phi) is 3.85. The standard InChI is InChI=1S/C12H12BrF3N2O/c1-7-6-8(12(14,15)16)11(19)18(17-7)10-5-3-2-4-9(10)13/h4,6,10H,2-3,5H2,1H3. The predicted molar refractivity (Wildman–Crippen MR) is 68.1 cm³/mol. The van der Waals surface area contributed by atoms with Crippen molar-refractivity contribution in [3.05, 3.63) is 38.2 Å². The number of allylic oxidation sites excluding steroid dienone is 2. The molecule has 1 aromatic rings. The van der Waals surface area contributed by atoms with Gasteiger partial charge in [-0.1, -0.05) is 22.0 Å². The highest BCUT2D eigenvalue weighted by atomic mass is 79.9. The summed E-state index contributed by atoms with van der Waals surface area (Å²) in [5.74, 6) is 0.